The van der Waals surface area contributed by atoms with E-state index >= 15 is 0 Å². The number of hydrogen-bond acceptors (Lipinski definition) is 12. The molecule has 6 atom stereocenters. The van der Waals surface area contributed by atoms with Crippen LogP contribution in [-0.4, -0.2) is 95.3 Å². The molecule has 2 saturated heterocycles. The Kier molecular flexibility index (Phi) is 13.6. The molecule has 0 radical (unpaired) electrons. The molecular formula is C36H47N2O12PS. The molecule has 2 heterocycles. The van der Waals surface area contributed by atoms with Gasteiger partial charge in [0.05, 0.1) is 43.3 Å². The zero-order valence-electron chi connectivity index (χ0n) is 29.7. The second kappa shape index (κ2) is 17.9. The summed E-state index contributed by atoms with van der Waals surface area (Å²) >= 11 is 0. The lowest BCUT2D eigenvalue weighted by Gasteiger charge is -2.31. The van der Waals surface area contributed by atoms with Crippen molar-refractivity contribution in [2.45, 2.75) is 56.1 Å². The minimum absolute atomic E-state index is 0.0439. The number of nitrogens with zero attached hydrogens (tertiary/aromatic N) is 1. The number of carbonyl (C=O) groups is 1. The van der Waals surface area contributed by atoms with Crippen LogP contribution >= 0.6 is 7.60 Å². The maximum absolute atomic E-state index is 13.8. The number of para-hydroxylation sites is 1. The van der Waals surface area contributed by atoms with Crippen LogP contribution in [0.2, 0.25) is 0 Å². The summed E-state index contributed by atoms with van der Waals surface area (Å²) in [6, 6.07) is 20.4. The second-order valence-electron chi connectivity index (χ2n) is 13.0. The smallest absolute Gasteiger partial charge is 0.416 e. The Labute approximate surface area is 304 Å². The van der Waals surface area contributed by atoms with Crippen LogP contribution in [0.1, 0.15) is 25.8 Å². The minimum Gasteiger partial charge on any atom is -0.497 e. The largest absolute Gasteiger partial charge is 0.497 e. The van der Waals surface area contributed by atoms with E-state index < -0.39 is 48.3 Å². The number of ether oxygens (including phenoxy) is 5. The quantitative estimate of drug-likeness (QED) is 0.166. The molecule has 2 fully saturated rings. The molecule has 14 nitrogen and oxygen atoms in total. The predicted molar refractivity (Wildman–Crippen MR) is 191 cm³/mol. The van der Waals surface area contributed by atoms with Gasteiger partial charge in [-0.15, -0.1) is 0 Å². The lowest BCUT2D eigenvalue weighted by molar-refractivity contribution is -0.0907. The van der Waals surface area contributed by atoms with Crippen LogP contribution in [0.25, 0.3) is 0 Å². The van der Waals surface area contributed by atoms with E-state index in [-0.39, 0.29) is 49.2 Å². The van der Waals surface area contributed by atoms with Crippen LogP contribution < -0.4 is 19.3 Å². The van der Waals surface area contributed by atoms with Crippen molar-refractivity contribution in [3.8, 4) is 17.2 Å². The third-order valence-corrected chi connectivity index (χ3v) is 12.0. The van der Waals surface area contributed by atoms with Gasteiger partial charge in [0.15, 0.2) is 6.29 Å². The summed E-state index contributed by atoms with van der Waals surface area (Å²) < 4.78 is 80.5. The van der Waals surface area contributed by atoms with E-state index in [0.717, 1.165) is 0 Å². The number of aliphatic hydroxyl groups excluding tert-OH is 1. The monoisotopic (exact) mass is 762 g/mol. The SMILES string of the molecule is COc1ccc(S(=O)(=O)N(CC(C)C)C[C@@H](O)[C@H](Cc2ccc(OCP(=O)(OC)Oc3ccccc3)cc2)NC(=O)O[C@H]2CO[C@H]3OCC[C@H]32)cc1. The van der Waals surface area contributed by atoms with E-state index in [1.165, 1.54) is 30.7 Å². The summed E-state index contributed by atoms with van der Waals surface area (Å²) in [6.45, 7) is 4.26. The summed E-state index contributed by atoms with van der Waals surface area (Å²) in [5, 5.41) is 14.4. The average Bonchev–Trinajstić information content (AvgIpc) is 3.76. The fourth-order valence-corrected chi connectivity index (χ4v) is 8.56. The van der Waals surface area contributed by atoms with Crippen molar-refractivity contribution in [2.24, 2.45) is 11.8 Å². The number of alkyl carbamates (subject to hydrolysis) is 1. The maximum Gasteiger partial charge on any atom is 0.416 e. The molecule has 2 N–H and O–H groups in total. The fraction of sp³-hybridized carbons (Fsp3) is 0.472. The highest BCUT2D eigenvalue weighted by Gasteiger charge is 2.44. The van der Waals surface area contributed by atoms with Crippen LogP contribution in [0, 0.1) is 11.8 Å². The van der Waals surface area contributed by atoms with Gasteiger partial charge >= 0.3 is 13.7 Å². The molecule has 5 rings (SSSR count). The number of amides is 1. The molecule has 0 spiro atoms. The fourth-order valence-electron chi connectivity index (χ4n) is 5.95. The second-order valence-corrected chi connectivity index (χ2v) is 17.0. The van der Waals surface area contributed by atoms with Gasteiger partial charge in [-0.05, 0) is 72.9 Å². The Morgan fingerprint density at radius 2 is 1.65 bits per heavy atom. The molecule has 2 aliphatic rings. The number of methoxy groups -OCH3 is 1. The molecule has 2 aliphatic heterocycles. The molecule has 0 aliphatic carbocycles. The first kappa shape index (κ1) is 39.5. The standard InChI is InChI=1S/C36H47N2O12PS/c1-25(2)21-38(52(42,43)30-16-14-27(44-3)15-17-30)22-33(39)32(37-36(40)49-34-23-47-35-31(34)18-19-46-35)20-26-10-12-28(13-11-26)48-24-51(41,45-4)50-29-8-6-5-7-9-29/h5-17,25,31-35,39H,18-24H2,1-4H3,(H,37,40)/t31-,32-,33+,34-,35+,51?/m0/s1. The topological polar surface area (TPSA) is 168 Å². The Morgan fingerprint density at radius 3 is 2.31 bits per heavy atom. The van der Waals surface area contributed by atoms with Gasteiger partial charge in [-0.25, -0.2) is 17.8 Å². The van der Waals surface area contributed by atoms with Crippen molar-refractivity contribution in [3.05, 3.63) is 84.4 Å². The van der Waals surface area contributed by atoms with E-state index in [2.05, 4.69) is 5.32 Å². The van der Waals surface area contributed by atoms with Gasteiger partial charge in [-0.3, -0.25) is 0 Å². The minimum atomic E-state index is -4.04. The van der Waals surface area contributed by atoms with Crippen molar-refractivity contribution in [1.82, 2.24) is 9.62 Å². The highest BCUT2D eigenvalue weighted by atomic mass is 32.2. The zero-order valence-corrected chi connectivity index (χ0v) is 31.4. The summed E-state index contributed by atoms with van der Waals surface area (Å²) in [5.74, 6) is 1.10. The molecule has 1 amide bonds. The molecular weight excluding hydrogens is 715 g/mol. The normalized spacial score (nSPS) is 20.9. The van der Waals surface area contributed by atoms with Crippen molar-refractivity contribution >= 4 is 23.7 Å². The van der Waals surface area contributed by atoms with Gasteiger partial charge in [-0.1, -0.05) is 44.2 Å². The number of carbonyl (C=O) groups excluding carboxylic acids is 1. The predicted octanol–water partition coefficient (Wildman–Crippen LogP) is 5.06. The number of rotatable bonds is 18. The first-order chi connectivity index (χ1) is 24.9. The van der Waals surface area contributed by atoms with Gasteiger partial charge in [0, 0.05) is 20.2 Å². The van der Waals surface area contributed by atoms with Gasteiger partial charge in [0.1, 0.15) is 23.4 Å². The van der Waals surface area contributed by atoms with Crippen molar-refractivity contribution in [2.75, 3.05) is 46.9 Å². The number of benzene rings is 3. The maximum atomic E-state index is 13.8. The highest BCUT2D eigenvalue weighted by Crippen LogP contribution is 2.47. The van der Waals surface area contributed by atoms with Gasteiger partial charge < -0.3 is 43.2 Å². The molecule has 16 heteroatoms. The summed E-state index contributed by atoms with van der Waals surface area (Å²) in [5.41, 5.74) is 0.689. The zero-order chi connectivity index (χ0) is 37.3. The number of sulfonamides is 1. The molecule has 0 saturated carbocycles. The average molecular weight is 763 g/mol. The molecule has 0 bridgehead atoms. The highest BCUT2D eigenvalue weighted by molar-refractivity contribution is 7.89. The first-order valence-electron chi connectivity index (χ1n) is 17.0. The van der Waals surface area contributed by atoms with Crippen molar-refractivity contribution in [3.63, 3.8) is 0 Å². The van der Waals surface area contributed by atoms with E-state index in [1.807, 2.05) is 13.8 Å². The molecule has 3 aromatic rings. The van der Waals surface area contributed by atoms with Crippen LogP contribution in [-0.2, 0) is 39.7 Å². The van der Waals surface area contributed by atoms with Crippen LogP contribution in [0.5, 0.6) is 17.2 Å². The first-order valence-corrected chi connectivity index (χ1v) is 20.2. The number of nitrogens with one attached hydrogen (secondary N) is 1. The Balaban J connectivity index is 1.30. The van der Waals surface area contributed by atoms with Crippen molar-refractivity contribution < 1.29 is 55.6 Å². The van der Waals surface area contributed by atoms with Gasteiger partial charge in [-0.2, -0.15) is 4.31 Å². The van der Waals surface area contributed by atoms with Gasteiger partial charge in [0.25, 0.3) is 0 Å². The Morgan fingerprint density at radius 1 is 0.962 bits per heavy atom. The van der Waals surface area contributed by atoms with Crippen LogP contribution in [0.3, 0.4) is 0 Å². The number of aliphatic hydroxyl groups is 1. The molecule has 52 heavy (non-hydrogen) atoms. The van der Waals surface area contributed by atoms with Crippen LogP contribution in [0.4, 0.5) is 4.79 Å². The number of fused-ring (bicyclic) bond motifs is 1. The van der Waals surface area contributed by atoms with E-state index in [9.17, 15) is 22.9 Å². The van der Waals surface area contributed by atoms with E-state index in [0.29, 0.717) is 35.8 Å². The summed E-state index contributed by atoms with van der Waals surface area (Å²) in [4.78, 5) is 13.3. The number of hydrogen-bond donors (Lipinski definition) is 2. The third-order valence-electron chi connectivity index (χ3n) is 8.70. The van der Waals surface area contributed by atoms with Gasteiger partial charge in [0.2, 0.25) is 16.4 Å². The molecule has 1 unspecified atom stereocenters. The lowest BCUT2D eigenvalue weighted by atomic mass is 10.0. The lowest BCUT2D eigenvalue weighted by Crippen LogP contribution is -2.51. The molecule has 284 valence electrons. The van der Waals surface area contributed by atoms with E-state index in [1.54, 1.807) is 66.7 Å². The van der Waals surface area contributed by atoms with Crippen molar-refractivity contribution in [1.29, 1.82) is 0 Å². The molecule has 3 aromatic carbocycles. The Bertz CT molecular complexity index is 1750. The molecule has 0 aromatic heterocycles. The Hall–Kier alpha value is -3.69. The van der Waals surface area contributed by atoms with E-state index in [4.69, 9.17) is 32.7 Å². The summed E-state index contributed by atoms with van der Waals surface area (Å²) in [6.07, 6.45) is -2.61. The third kappa shape index (κ3) is 10.5. The summed E-state index contributed by atoms with van der Waals surface area (Å²) in [7, 11) is -4.90. The van der Waals surface area contributed by atoms with Crippen LogP contribution in [0.15, 0.2) is 83.8 Å².